The summed E-state index contributed by atoms with van der Waals surface area (Å²) < 4.78 is 5.59. The molecule has 0 saturated heterocycles. The van der Waals surface area contributed by atoms with Crippen LogP contribution in [0, 0.1) is 5.92 Å². The second kappa shape index (κ2) is 12.2. The number of unbranched alkanes of at least 4 members (excludes halogenated alkanes) is 1. The van der Waals surface area contributed by atoms with Crippen molar-refractivity contribution in [1.29, 1.82) is 0 Å². The predicted molar refractivity (Wildman–Crippen MR) is 131 cm³/mol. The average molecular weight is 467 g/mol. The monoisotopic (exact) mass is 466 g/mol. The molecule has 2 atom stereocenters. The molecule has 1 aliphatic rings. The summed E-state index contributed by atoms with van der Waals surface area (Å²) in [5, 5.41) is 14.4. The minimum Gasteiger partial charge on any atom is -0.481 e. The van der Waals surface area contributed by atoms with Gasteiger partial charge < -0.3 is 20.5 Å². The number of carbonyl (C=O) groups is 3. The molecule has 0 bridgehead atoms. The van der Waals surface area contributed by atoms with E-state index in [0.717, 1.165) is 35.1 Å². The normalized spacial score (nSPS) is 13.9. The van der Waals surface area contributed by atoms with Gasteiger partial charge in [-0.05, 0) is 41.0 Å². The van der Waals surface area contributed by atoms with Crippen molar-refractivity contribution in [3.63, 3.8) is 0 Å². The maximum atomic E-state index is 12.7. The molecule has 0 radical (unpaired) electrons. The Labute approximate surface area is 200 Å². The third-order valence-corrected chi connectivity index (χ3v) is 6.26. The van der Waals surface area contributed by atoms with Crippen molar-refractivity contribution in [2.45, 2.75) is 57.9 Å². The first kappa shape index (κ1) is 25.3. The largest absolute Gasteiger partial charge is 0.481 e. The number of ether oxygens (including phenoxy) is 1. The molecule has 0 fully saturated rings. The molecular weight excluding hydrogens is 432 g/mol. The van der Waals surface area contributed by atoms with Crippen LogP contribution in [0.25, 0.3) is 11.1 Å². The van der Waals surface area contributed by atoms with Crippen LogP contribution in [-0.2, 0) is 14.3 Å². The fraction of sp³-hybridized carbons (Fsp3) is 0.444. The Hall–Kier alpha value is -3.35. The number of rotatable bonds is 12. The first-order chi connectivity index (χ1) is 16.4. The Morgan fingerprint density at radius 1 is 1.00 bits per heavy atom. The summed E-state index contributed by atoms with van der Waals surface area (Å²) >= 11 is 0. The molecule has 1 aliphatic carbocycles. The van der Waals surface area contributed by atoms with Gasteiger partial charge in [0.2, 0.25) is 5.91 Å². The van der Waals surface area contributed by atoms with Crippen LogP contribution in [0.5, 0.6) is 0 Å². The van der Waals surface area contributed by atoms with Gasteiger partial charge in [0.05, 0.1) is 0 Å². The van der Waals surface area contributed by atoms with Crippen molar-refractivity contribution in [3.05, 3.63) is 59.7 Å². The molecule has 0 saturated carbocycles. The number of hydrogen-bond acceptors (Lipinski definition) is 4. The molecule has 0 aliphatic heterocycles. The zero-order valence-electron chi connectivity index (χ0n) is 19.9. The molecule has 2 unspecified atom stereocenters. The lowest BCUT2D eigenvalue weighted by molar-refractivity contribution is -0.138. The van der Waals surface area contributed by atoms with E-state index in [9.17, 15) is 14.4 Å². The minimum atomic E-state index is -0.850. The molecule has 0 heterocycles. The highest BCUT2D eigenvalue weighted by molar-refractivity contribution is 5.85. The zero-order chi connectivity index (χ0) is 24.5. The maximum Gasteiger partial charge on any atom is 0.407 e. The van der Waals surface area contributed by atoms with E-state index in [4.69, 9.17) is 9.84 Å². The Balaban J connectivity index is 1.56. The van der Waals surface area contributed by atoms with Crippen LogP contribution in [-0.4, -0.2) is 42.3 Å². The number of benzene rings is 2. The van der Waals surface area contributed by atoms with Crippen LogP contribution in [0.15, 0.2) is 48.5 Å². The van der Waals surface area contributed by atoms with E-state index in [-0.39, 0.29) is 30.8 Å². The zero-order valence-corrected chi connectivity index (χ0v) is 19.9. The van der Waals surface area contributed by atoms with Crippen molar-refractivity contribution >= 4 is 18.0 Å². The number of carboxylic acids is 1. The van der Waals surface area contributed by atoms with Crippen molar-refractivity contribution in [2.24, 2.45) is 5.92 Å². The number of carbonyl (C=O) groups excluding carboxylic acids is 2. The molecule has 3 N–H and O–H groups in total. The molecule has 2 amide bonds. The lowest BCUT2D eigenvalue weighted by Crippen LogP contribution is -2.47. The smallest absolute Gasteiger partial charge is 0.407 e. The number of hydrogen-bond donors (Lipinski definition) is 3. The van der Waals surface area contributed by atoms with E-state index in [2.05, 4.69) is 34.9 Å². The van der Waals surface area contributed by atoms with Gasteiger partial charge in [-0.3, -0.25) is 9.59 Å². The van der Waals surface area contributed by atoms with E-state index >= 15 is 0 Å². The number of alkyl carbamates (subject to hydrolysis) is 1. The van der Waals surface area contributed by atoms with Gasteiger partial charge in [0.25, 0.3) is 0 Å². The van der Waals surface area contributed by atoms with Crippen LogP contribution in [0.2, 0.25) is 0 Å². The summed E-state index contributed by atoms with van der Waals surface area (Å²) in [7, 11) is 0. The van der Waals surface area contributed by atoms with Crippen molar-refractivity contribution in [1.82, 2.24) is 10.6 Å². The summed E-state index contributed by atoms with van der Waals surface area (Å²) in [4.78, 5) is 36.1. The van der Waals surface area contributed by atoms with Gasteiger partial charge in [-0.25, -0.2) is 4.79 Å². The van der Waals surface area contributed by atoms with Crippen LogP contribution in [0.4, 0.5) is 4.79 Å². The second-order valence-electron chi connectivity index (χ2n) is 8.95. The lowest BCUT2D eigenvalue weighted by atomic mass is 9.98. The van der Waals surface area contributed by atoms with E-state index in [1.807, 2.05) is 38.1 Å². The van der Waals surface area contributed by atoms with Crippen LogP contribution < -0.4 is 10.6 Å². The van der Waals surface area contributed by atoms with E-state index in [0.29, 0.717) is 19.4 Å². The molecule has 7 nitrogen and oxygen atoms in total. The summed E-state index contributed by atoms with van der Waals surface area (Å²) in [5.74, 6) is -1.21. The van der Waals surface area contributed by atoms with Crippen LogP contribution in [0.3, 0.4) is 0 Å². The number of carboxylic acid groups (broad SMARTS) is 1. The lowest BCUT2D eigenvalue weighted by Gasteiger charge is -2.20. The average Bonchev–Trinajstić information content (AvgIpc) is 3.13. The molecule has 2 aromatic rings. The number of amides is 2. The number of aliphatic carboxylic acids is 1. The van der Waals surface area contributed by atoms with Gasteiger partial charge in [0.1, 0.15) is 12.6 Å². The van der Waals surface area contributed by atoms with E-state index in [1.54, 1.807) is 0 Å². The van der Waals surface area contributed by atoms with Gasteiger partial charge in [-0.15, -0.1) is 0 Å². The molecule has 3 rings (SSSR count). The third-order valence-electron chi connectivity index (χ3n) is 6.26. The SMILES string of the molecule is CCCCC(NC(=O)OCC1c2ccccc2-c2ccccc21)C(=O)NCCC(C)CC(=O)O. The molecule has 7 heteroatoms. The molecular formula is C27H34N2O5. The van der Waals surface area contributed by atoms with Crippen molar-refractivity contribution in [3.8, 4) is 11.1 Å². The second-order valence-corrected chi connectivity index (χ2v) is 8.95. The van der Waals surface area contributed by atoms with Gasteiger partial charge >= 0.3 is 12.1 Å². The van der Waals surface area contributed by atoms with E-state index in [1.165, 1.54) is 0 Å². The van der Waals surface area contributed by atoms with Crippen molar-refractivity contribution < 1.29 is 24.2 Å². The van der Waals surface area contributed by atoms with Gasteiger partial charge in [-0.2, -0.15) is 0 Å². The first-order valence-corrected chi connectivity index (χ1v) is 12.0. The third kappa shape index (κ3) is 6.59. The molecule has 34 heavy (non-hydrogen) atoms. The van der Waals surface area contributed by atoms with Crippen LogP contribution >= 0.6 is 0 Å². The van der Waals surface area contributed by atoms with Gasteiger partial charge in [-0.1, -0.05) is 75.2 Å². The summed E-state index contributed by atoms with van der Waals surface area (Å²) in [5.41, 5.74) is 4.58. The Kier molecular flexibility index (Phi) is 9.08. The quantitative estimate of drug-likeness (QED) is 0.421. The van der Waals surface area contributed by atoms with E-state index < -0.39 is 18.1 Å². The molecule has 2 aromatic carbocycles. The highest BCUT2D eigenvalue weighted by atomic mass is 16.5. The number of nitrogens with one attached hydrogen (secondary N) is 2. The van der Waals surface area contributed by atoms with Gasteiger partial charge in [0, 0.05) is 18.9 Å². The standard InChI is InChI=1S/C27H34N2O5/c1-3-4-13-24(26(32)28-15-14-18(2)16-25(30)31)29-27(33)34-17-23-21-11-7-5-9-19(21)20-10-6-8-12-22(20)23/h5-12,18,23-24H,3-4,13-17H2,1-2H3,(H,28,32)(H,29,33)(H,30,31). The molecule has 0 aromatic heterocycles. The molecule has 182 valence electrons. The Bertz CT molecular complexity index is 961. The first-order valence-electron chi connectivity index (χ1n) is 12.0. The molecule has 0 spiro atoms. The fourth-order valence-electron chi connectivity index (χ4n) is 4.42. The highest BCUT2D eigenvalue weighted by Crippen LogP contribution is 2.44. The Morgan fingerprint density at radius 3 is 2.21 bits per heavy atom. The topological polar surface area (TPSA) is 105 Å². The summed E-state index contributed by atoms with van der Waals surface area (Å²) in [6.07, 6.45) is 2.20. The number of fused-ring (bicyclic) bond motifs is 3. The van der Waals surface area contributed by atoms with Crippen molar-refractivity contribution in [2.75, 3.05) is 13.2 Å². The van der Waals surface area contributed by atoms with Gasteiger partial charge in [0.15, 0.2) is 0 Å². The summed E-state index contributed by atoms with van der Waals surface area (Å²) in [6.45, 7) is 4.41. The predicted octanol–water partition coefficient (Wildman–Crippen LogP) is 4.70. The maximum absolute atomic E-state index is 12.7. The fourth-order valence-corrected chi connectivity index (χ4v) is 4.42. The Morgan fingerprint density at radius 2 is 1.62 bits per heavy atom. The highest BCUT2D eigenvalue weighted by Gasteiger charge is 2.29. The summed E-state index contributed by atoms with van der Waals surface area (Å²) in [6, 6.07) is 15.6. The van der Waals surface area contributed by atoms with Crippen LogP contribution in [0.1, 0.15) is 63.0 Å². The minimum absolute atomic E-state index is 0.0398.